The second kappa shape index (κ2) is 5.76. The van der Waals surface area contributed by atoms with Gasteiger partial charge in [0, 0.05) is 23.8 Å². The number of nitrogen functional groups attached to an aromatic ring is 1. The molecule has 2 heterocycles. The minimum Gasteiger partial charge on any atom is -0.397 e. The lowest BCUT2D eigenvalue weighted by atomic mass is 10.3. The van der Waals surface area contributed by atoms with Crippen LogP contribution in [0.25, 0.3) is 0 Å². The monoisotopic (exact) mass is 321 g/mol. The van der Waals surface area contributed by atoms with Crippen molar-refractivity contribution in [2.75, 3.05) is 34.4 Å². The summed E-state index contributed by atoms with van der Waals surface area (Å²) in [6.45, 7) is 2.27. The van der Waals surface area contributed by atoms with Crippen molar-refractivity contribution in [3.8, 4) is 0 Å². The van der Waals surface area contributed by atoms with Gasteiger partial charge in [0.1, 0.15) is 11.2 Å². The number of sulfone groups is 1. The maximum Gasteiger partial charge on any atom is 0.171 e. The first-order valence-corrected chi connectivity index (χ1v) is 9.17. The van der Waals surface area contributed by atoms with Crippen molar-refractivity contribution in [1.29, 1.82) is 0 Å². The number of hydrogen-bond donors (Lipinski definition) is 1. The third-order valence-electron chi connectivity index (χ3n) is 3.02. The summed E-state index contributed by atoms with van der Waals surface area (Å²) < 4.78 is 24.3. The predicted octanol–water partition coefficient (Wildman–Crippen LogP) is 1.63. The molecule has 1 aromatic rings. The highest BCUT2D eigenvalue weighted by Gasteiger charge is 2.34. The van der Waals surface area contributed by atoms with Crippen LogP contribution in [-0.2, 0) is 9.84 Å². The van der Waals surface area contributed by atoms with Crippen LogP contribution in [0.4, 0.5) is 11.5 Å². The average Bonchev–Trinajstić information content (AvgIpc) is 2.39. The van der Waals surface area contributed by atoms with Gasteiger partial charge in [-0.3, -0.25) is 0 Å². The van der Waals surface area contributed by atoms with E-state index >= 15 is 0 Å². The van der Waals surface area contributed by atoms with E-state index < -0.39 is 15.2 Å². The van der Waals surface area contributed by atoms with E-state index in [0.717, 1.165) is 5.75 Å². The molecule has 0 spiro atoms. The molecule has 1 aromatic heterocycles. The minimum absolute atomic E-state index is 0.112. The number of hydrogen-bond acceptors (Lipinski definition) is 6. The molecule has 1 unspecified atom stereocenters. The summed E-state index contributed by atoms with van der Waals surface area (Å²) in [6.07, 6.45) is 1.50. The van der Waals surface area contributed by atoms with E-state index in [-0.39, 0.29) is 5.75 Å². The van der Waals surface area contributed by atoms with Crippen molar-refractivity contribution in [3.63, 3.8) is 0 Å². The zero-order chi connectivity index (χ0) is 14.0. The average molecular weight is 322 g/mol. The van der Waals surface area contributed by atoms with Gasteiger partial charge in [0.2, 0.25) is 0 Å². The van der Waals surface area contributed by atoms with Gasteiger partial charge in [-0.15, -0.1) is 0 Å². The molecule has 0 aliphatic carbocycles. The van der Waals surface area contributed by atoms with Crippen LogP contribution in [0.1, 0.15) is 6.92 Å². The van der Waals surface area contributed by atoms with E-state index in [4.69, 9.17) is 17.3 Å². The maximum atomic E-state index is 12.2. The molecular formula is C11H16ClN3O2S2. The van der Waals surface area contributed by atoms with Gasteiger partial charge in [-0.25, -0.2) is 13.4 Å². The minimum atomic E-state index is -3.17. The van der Waals surface area contributed by atoms with E-state index in [1.807, 2.05) is 0 Å². The van der Waals surface area contributed by atoms with Crippen molar-refractivity contribution in [3.05, 3.63) is 17.3 Å². The van der Waals surface area contributed by atoms with Gasteiger partial charge in [0.05, 0.1) is 16.9 Å². The number of halogens is 1. The highest BCUT2D eigenvalue weighted by Crippen LogP contribution is 2.31. The Hall–Kier alpha value is -0.660. The van der Waals surface area contributed by atoms with Gasteiger partial charge in [-0.1, -0.05) is 18.5 Å². The Labute approximate surface area is 122 Å². The Morgan fingerprint density at radius 2 is 2.37 bits per heavy atom. The summed E-state index contributed by atoms with van der Waals surface area (Å²) in [5.74, 6) is 2.01. The van der Waals surface area contributed by atoms with Crippen LogP contribution in [0, 0.1) is 0 Å². The van der Waals surface area contributed by atoms with Gasteiger partial charge >= 0.3 is 0 Å². The molecule has 5 nitrogen and oxygen atoms in total. The normalized spacial score (nSPS) is 20.5. The van der Waals surface area contributed by atoms with Crippen LogP contribution >= 0.6 is 23.4 Å². The molecular weight excluding hydrogens is 306 g/mol. The van der Waals surface area contributed by atoms with E-state index in [9.17, 15) is 8.42 Å². The second-order valence-electron chi connectivity index (χ2n) is 4.25. The summed E-state index contributed by atoms with van der Waals surface area (Å²) in [4.78, 5) is 5.97. The molecule has 0 aromatic carbocycles. The number of pyridine rings is 1. The molecule has 2 N–H and O–H groups in total. The lowest BCUT2D eigenvalue weighted by Gasteiger charge is -2.35. The molecule has 1 fully saturated rings. The Morgan fingerprint density at radius 3 is 3.00 bits per heavy atom. The van der Waals surface area contributed by atoms with Crippen molar-refractivity contribution in [1.82, 2.24) is 4.98 Å². The standard InChI is InChI=1S/C11H16ClN3O2S2/c1-2-19(16,17)10-7-18-4-3-15(10)11-9(12)5-8(13)6-14-11/h5-6,10H,2-4,7,13H2,1H3. The molecule has 106 valence electrons. The van der Waals surface area contributed by atoms with Crippen LogP contribution in [0.5, 0.6) is 0 Å². The molecule has 1 aliphatic rings. The molecule has 1 atom stereocenters. The number of nitrogens with two attached hydrogens (primary N) is 1. The van der Waals surface area contributed by atoms with Gasteiger partial charge in [-0.2, -0.15) is 11.8 Å². The Bertz CT molecular complexity index is 565. The molecule has 0 bridgehead atoms. The van der Waals surface area contributed by atoms with Crippen LogP contribution in [0.15, 0.2) is 12.3 Å². The highest BCUT2D eigenvalue weighted by atomic mass is 35.5. The van der Waals surface area contributed by atoms with Crippen LogP contribution < -0.4 is 10.6 Å². The third-order valence-corrected chi connectivity index (χ3v) is 6.58. The van der Waals surface area contributed by atoms with Crippen molar-refractivity contribution >= 4 is 44.7 Å². The first kappa shape index (κ1) is 14.7. The van der Waals surface area contributed by atoms with Crippen LogP contribution in [0.3, 0.4) is 0 Å². The number of aromatic nitrogens is 1. The fraction of sp³-hybridized carbons (Fsp3) is 0.545. The lowest BCUT2D eigenvalue weighted by Crippen LogP contribution is -2.48. The molecule has 0 radical (unpaired) electrons. The smallest absolute Gasteiger partial charge is 0.171 e. The van der Waals surface area contributed by atoms with Crippen molar-refractivity contribution in [2.45, 2.75) is 12.3 Å². The molecule has 0 saturated carbocycles. The number of anilines is 2. The fourth-order valence-corrected chi connectivity index (χ4v) is 5.22. The molecule has 8 heteroatoms. The number of rotatable bonds is 3. The Morgan fingerprint density at radius 1 is 1.63 bits per heavy atom. The number of nitrogens with zero attached hydrogens (tertiary/aromatic N) is 2. The molecule has 19 heavy (non-hydrogen) atoms. The first-order chi connectivity index (χ1) is 8.95. The summed E-state index contributed by atoms with van der Waals surface area (Å²) in [6, 6.07) is 1.60. The highest BCUT2D eigenvalue weighted by molar-refractivity contribution is 8.01. The molecule has 0 amide bonds. The van der Waals surface area contributed by atoms with Gasteiger partial charge in [-0.05, 0) is 6.07 Å². The van der Waals surface area contributed by atoms with Crippen molar-refractivity contribution in [2.24, 2.45) is 0 Å². The molecule has 1 aliphatic heterocycles. The maximum absolute atomic E-state index is 12.2. The first-order valence-electron chi connectivity index (χ1n) is 5.92. The largest absolute Gasteiger partial charge is 0.397 e. The van der Waals surface area contributed by atoms with Gasteiger partial charge < -0.3 is 10.6 Å². The lowest BCUT2D eigenvalue weighted by molar-refractivity contribution is 0.579. The Balaban J connectivity index is 2.40. The summed E-state index contributed by atoms with van der Waals surface area (Å²) in [5.41, 5.74) is 6.08. The van der Waals surface area contributed by atoms with Crippen LogP contribution in [-0.4, -0.2) is 42.6 Å². The zero-order valence-electron chi connectivity index (χ0n) is 10.5. The van der Waals surface area contributed by atoms with E-state index in [2.05, 4.69) is 4.98 Å². The summed E-state index contributed by atoms with van der Waals surface area (Å²) in [5, 5.41) is -0.173. The zero-order valence-corrected chi connectivity index (χ0v) is 12.9. The van der Waals surface area contributed by atoms with Gasteiger partial charge in [0.15, 0.2) is 9.84 Å². The SMILES string of the molecule is CCS(=O)(=O)C1CSCCN1c1ncc(N)cc1Cl. The summed E-state index contributed by atoms with van der Waals surface area (Å²) >= 11 is 7.77. The Kier molecular flexibility index (Phi) is 4.47. The fourth-order valence-electron chi connectivity index (χ4n) is 1.97. The van der Waals surface area contributed by atoms with E-state index in [1.165, 1.54) is 6.20 Å². The van der Waals surface area contributed by atoms with Gasteiger partial charge in [0.25, 0.3) is 0 Å². The molecule has 2 rings (SSSR count). The second-order valence-corrected chi connectivity index (χ2v) is 8.25. The molecule has 1 saturated heterocycles. The van der Waals surface area contributed by atoms with Crippen molar-refractivity contribution < 1.29 is 8.42 Å². The van der Waals surface area contributed by atoms with E-state index in [0.29, 0.717) is 28.8 Å². The van der Waals surface area contributed by atoms with Crippen LogP contribution in [0.2, 0.25) is 5.02 Å². The quantitative estimate of drug-likeness (QED) is 0.912. The van der Waals surface area contributed by atoms with E-state index in [1.54, 1.807) is 29.7 Å². The predicted molar refractivity (Wildman–Crippen MR) is 81.6 cm³/mol. The number of thioether (sulfide) groups is 1. The summed E-state index contributed by atoms with van der Waals surface area (Å²) in [7, 11) is -3.17. The topological polar surface area (TPSA) is 76.3 Å². The third kappa shape index (κ3) is 3.09.